The molecule has 2 heterocycles. The van der Waals surface area contributed by atoms with Crippen molar-refractivity contribution in [2.75, 3.05) is 20.1 Å². The first kappa shape index (κ1) is 32.3. The Kier molecular flexibility index (Phi) is 11.8. The summed E-state index contributed by atoms with van der Waals surface area (Å²) in [6.45, 7) is 1.88. The van der Waals surface area contributed by atoms with Crippen molar-refractivity contribution in [1.29, 1.82) is 0 Å². The fourth-order valence-electron chi connectivity index (χ4n) is 4.78. The molecule has 1 aromatic rings. The van der Waals surface area contributed by atoms with Gasteiger partial charge < -0.3 is 20.7 Å². The first-order valence-electron chi connectivity index (χ1n) is 12.2. The van der Waals surface area contributed by atoms with Gasteiger partial charge in [0.2, 0.25) is 11.7 Å². The molecule has 0 spiro atoms. The molecule has 208 valence electrons. The zero-order valence-corrected chi connectivity index (χ0v) is 24.6. The number of hydrogen-bond donors (Lipinski definition) is 2. The van der Waals surface area contributed by atoms with Gasteiger partial charge in [-0.05, 0) is 31.9 Å². The number of halogens is 4. The smallest absolute Gasteiger partial charge is 0.343 e. The number of amides is 2. The zero-order chi connectivity index (χ0) is 25.9. The van der Waals surface area contributed by atoms with Crippen molar-refractivity contribution in [3.8, 4) is 0 Å². The molecular weight excluding hydrogens is 572 g/mol. The summed E-state index contributed by atoms with van der Waals surface area (Å²) in [4.78, 5) is 32.3. The molecule has 0 radical (unpaired) electrons. The second-order valence-electron chi connectivity index (χ2n) is 9.27. The topological polar surface area (TPSA) is 97.0 Å². The van der Waals surface area contributed by atoms with E-state index in [2.05, 4.69) is 10.3 Å². The number of quaternary nitrogens is 1. The number of allylic oxidation sites excluding steroid dienone is 2. The maximum atomic E-state index is 13.7. The highest BCUT2D eigenvalue weighted by Gasteiger charge is 2.49. The molecule has 0 bridgehead atoms. The average molecular weight is 606 g/mol. The van der Waals surface area contributed by atoms with Crippen molar-refractivity contribution < 1.29 is 18.8 Å². The van der Waals surface area contributed by atoms with Crippen LogP contribution < -0.4 is 11.1 Å². The molecule has 1 saturated carbocycles. The number of fused-ring (bicyclic) bond motifs is 1. The summed E-state index contributed by atoms with van der Waals surface area (Å²) in [6.07, 6.45) is 11.0. The van der Waals surface area contributed by atoms with Crippen molar-refractivity contribution in [3.63, 3.8) is 0 Å². The van der Waals surface area contributed by atoms with Gasteiger partial charge >= 0.3 is 5.91 Å². The standard InChI is InChI=1S/C26H32Cl2N5O3.2ClH/c1-17-15-33(24(35)14-30-18-7-4-3-5-8-18)12-11-22(32(2)23(34)13-29)25(26(33)31-17)36-16-19-20(27)9-6-10-21(19)28;;/h6,9-12,15,18,30H,3-5,7-8,13-14,16,29H2,1-2H3;2*1H/q+1;;. The lowest BCUT2D eigenvalue weighted by Crippen LogP contribution is -2.54. The van der Waals surface area contributed by atoms with Crippen LogP contribution in [-0.2, 0) is 20.9 Å². The number of likely N-dealkylation sites (N-methyl/N-ethyl adjacent to an activating group) is 1. The van der Waals surface area contributed by atoms with E-state index in [1.54, 1.807) is 43.7 Å². The number of nitrogens with one attached hydrogen (secondary N) is 1. The highest BCUT2D eigenvalue weighted by molar-refractivity contribution is 6.35. The first-order valence-corrected chi connectivity index (χ1v) is 12.9. The van der Waals surface area contributed by atoms with Gasteiger partial charge in [0.1, 0.15) is 25.6 Å². The minimum Gasteiger partial charge on any atom is -0.480 e. The van der Waals surface area contributed by atoms with E-state index < -0.39 is 0 Å². The minimum atomic E-state index is -0.305. The van der Waals surface area contributed by atoms with Gasteiger partial charge in [-0.15, -0.1) is 24.8 Å². The summed E-state index contributed by atoms with van der Waals surface area (Å²) >= 11 is 12.7. The largest absolute Gasteiger partial charge is 0.480 e. The van der Waals surface area contributed by atoms with Gasteiger partial charge in [-0.3, -0.25) is 4.79 Å². The summed E-state index contributed by atoms with van der Waals surface area (Å²) in [5, 5.41) is 4.35. The van der Waals surface area contributed by atoms with Crippen molar-refractivity contribution >= 4 is 65.7 Å². The summed E-state index contributed by atoms with van der Waals surface area (Å²) in [6, 6.07) is 5.54. The number of rotatable bonds is 8. The lowest BCUT2D eigenvalue weighted by Gasteiger charge is -2.33. The van der Waals surface area contributed by atoms with Crippen molar-refractivity contribution in [2.45, 2.75) is 51.7 Å². The lowest BCUT2D eigenvalue weighted by atomic mass is 9.95. The van der Waals surface area contributed by atoms with E-state index in [1.807, 2.05) is 6.92 Å². The van der Waals surface area contributed by atoms with Crippen LogP contribution in [0.5, 0.6) is 0 Å². The molecule has 1 aromatic carbocycles. The summed E-state index contributed by atoms with van der Waals surface area (Å²) in [7, 11) is 1.61. The number of nitrogens with two attached hydrogens (primary N) is 1. The van der Waals surface area contributed by atoms with Gasteiger partial charge in [-0.25, -0.2) is 4.79 Å². The van der Waals surface area contributed by atoms with Crippen molar-refractivity contribution in [2.24, 2.45) is 10.7 Å². The Bertz CT molecular complexity index is 1160. The molecule has 1 aliphatic carbocycles. The van der Waals surface area contributed by atoms with Crippen LogP contribution in [-0.4, -0.2) is 53.2 Å². The third kappa shape index (κ3) is 6.62. The Hall–Kier alpha value is -1.91. The lowest BCUT2D eigenvalue weighted by molar-refractivity contribution is -0.646. The number of nitrogens with zero attached hydrogens (tertiary/aromatic N) is 3. The molecule has 8 nitrogen and oxygen atoms in total. The summed E-state index contributed by atoms with van der Waals surface area (Å²) in [5.41, 5.74) is 7.35. The third-order valence-corrected chi connectivity index (χ3v) is 7.53. The normalized spacial score (nSPS) is 20.6. The predicted octanol–water partition coefficient (Wildman–Crippen LogP) is 5.05. The number of aliphatic imine (C=N–C) groups is 1. The average Bonchev–Trinajstić information content (AvgIpc) is 3.24. The highest BCUT2D eigenvalue weighted by atomic mass is 35.5. The Morgan fingerprint density at radius 1 is 1.18 bits per heavy atom. The van der Waals surface area contributed by atoms with Crippen LogP contribution >= 0.6 is 48.0 Å². The molecule has 1 unspecified atom stereocenters. The Balaban J connectivity index is 0.00000253. The SMILES string of the molecule is CC1=C[N+]2(C(=O)CNC3CCCCC3)C=CC(N(C)C(=O)CN)=C(OCc3c(Cl)cccc3Cl)C2=N1.Cl.Cl. The third-order valence-electron chi connectivity index (χ3n) is 6.82. The number of hydrogen-bond acceptors (Lipinski definition) is 6. The van der Waals surface area contributed by atoms with E-state index >= 15 is 0 Å². The van der Waals surface area contributed by atoms with E-state index in [1.165, 1.54) is 24.2 Å². The fraction of sp³-hybridized carbons (Fsp3) is 0.423. The number of amidine groups is 1. The molecular formula is C26H34Cl4N5O3+. The van der Waals surface area contributed by atoms with E-state index in [-0.39, 0.29) is 60.8 Å². The molecule has 4 rings (SSSR count). The van der Waals surface area contributed by atoms with E-state index in [4.69, 9.17) is 33.7 Å². The molecule has 38 heavy (non-hydrogen) atoms. The summed E-state index contributed by atoms with van der Waals surface area (Å²) in [5.74, 6) is 0.299. The minimum absolute atomic E-state index is 0. The van der Waals surface area contributed by atoms with Gasteiger partial charge in [0.25, 0.3) is 5.84 Å². The Morgan fingerprint density at radius 3 is 2.47 bits per heavy atom. The molecule has 2 aliphatic heterocycles. The maximum Gasteiger partial charge on any atom is 0.343 e. The molecule has 3 N–H and O–H groups in total. The second kappa shape index (κ2) is 13.9. The van der Waals surface area contributed by atoms with E-state index in [0.717, 1.165) is 12.8 Å². The summed E-state index contributed by atoms with van der Waals surface area (Å²) < 4.78 is 6.03. The highest BCUT2D eigenvalue weighted by Crippen LogP contribution is 2.35. The fourth-order valence-corrected chi connectivity index (χ4v) is 5.28. The van der Waals surface area contributed by atoms with Crippen molar-refractivity contribution in [3.05, 3.63) is 69.4 Å². The van der Waals surface area contributed by atoms with Crippen molar-refractivity contribution in [1.82, 2.24) is 10.2 Å². The van der Waals surface area contributed by atoms with Crippen LogP contribution in [0.2, 0.25) is 10.0 Å². The number of ether oxygens (including phenoxy) is 1. The molecule has 1 fully saturated rings. The maximum absolute atomic E-state index is 13.7. The van der Waals surface area contributed by atoms with Crippen LogP contribution in [0.15, 0.2) is 58.8 Å². The number of benzene rings is 1. The Morgan fingerprint density at radius 2 is 1.84 bits per heavy atom. The Labute approximate surface area is 246 Å². The van der Waals surface area contributed by atoms with Crippen LogP contribution in [0, 0.1) is 0 Å². The van der Waals surface area contributed by atoms with E-state index in [0.29, 0.717) is 44.6 Å². The van der Waals surface area contributed by atoms with Gasteiger partial charge in [0.15, 0.2) is 0 Å². The van der Waals surface area contributed by atoms with E-state index in [9.17, 15) is 9.59 Å². The molecule has 3 aliphatic rings. The molecule has 2 amide bonds. The monoisotopic (exact) mass is 604 g/mol. The predicted molar refractivity (Wildman–Crippen MR) is 155 cm³/mol. The zero-order valence-electron chi connectivity index (χ0n) is 21.4. The van der Waals surface area contributed by atoms with Crippen LogP contribution in [0.3, 0.4) is 0 Å². The van der Waals surface area contributed by atoms with Crippen LogP contribution in [0.25, 0.3) is 0 Å². The number of carbonyl (C=O) groups is 2. The van der Waals surface area contributed by atoms with Gasteiger partial charge in [0, 0.05) is 34.8 Å². The molecule has 12 heteroatoms. The van der Waals surface area contributed by atoms with Gasteiger partial charge in [-0.2, -0.15) is 9.48 Å². The van der Waals surface area contributed by atoms with Crippen LogP contribution in [0.4, 0.5) is 0 Å². The molecule has 0 aromatic heterocycles. The van der Waals surface area contributed by atoms with Crippen LogP contribution in [0.1, 0.15) is 44.6 Å². The molecule has 1 atom stereocenters. The first-order chi connectivity index (χ1) is 17.3. The number of carbonyl (C=O) groups excluding carboxylic acids is 2. The van der Waals surface area contributed by atoms with Gasteiger partial charge in [0.05, 0.1) is 17.9 Å². The quantitative estimate of drug-likeness (QED) is 0.404. The van der Waals surface area contributed by atoms with Gasteiger partial charge in [-0.1, -0.05) is 48.5 Å². The second-order valence-corrected chi connectivity index (χ2v) is 10.1. The molecule has 0 saturated heterocycles.